The van der Waals surface area contributed by atoms with Gasteiger partial charge in [0.25, 0.3) is 0 Å². The smallest absolute Gasteiger partial charge is 0.343 e. The summed E-state index contributed by atoms with van der Waals surface area (Å²) in [6, 6.07) is 19.8. The second kappa shape index (κ2) is 18.2. The molecule has 0 aliphatic carbocycles. The van der Waals surface area contributed by atoms with Crippen LogP contribution in [-0.4, -0.2) is 31.8 Å². The van der Waals surface area contributed by atoms with E-state index in [0.29, 0.717) is 41.8 Å². The zero-order valence-corrected chi connectivity index (χ0v) is 24.8. The van der Waals surface area contributed by atoms with Crippen LogP contribution < -0.4 is 18.9 Å². The van der Waals surface area contributed by atoms with E-state index >= 15 is 0 Å². The van der Waals surface area contributed by atoms with Crippen LogP contribution in [0.15, 0.2) is 79.4 Å². The number of aryl methyl sites for hydroxylation is 1. The second-order valence-corrected chi connectivity index (χ2v) is 9.96. The van der Waals surface area contributed by atoms with E-state index in [1.807, 2.05) is 31.2 Å². The molecule has 0 aromatic heterocycles. The average molecular weight is 575 g/mol. The molecule has 0 bridgehead atoms. The van der Waals surface area contributed by atoms with Crippen molar-refractivity contribution in [1.29, 1.82) is 0 Å². The summed E-state index contributed by atoms with van der Waals surface area (Å²) in [5.74, 6) is 2.51. The first kappa shape index (κ1) is 32.3. The Bertz CT molecular complexity index is 1250. The van der Waals surface area contributed by atoms with Crippen molar-refractivity contribution in [3.63, 3.8) is 0 Å². The zero-order valence-electron chi connectivity index (χ0n) is 24.8. The van der Waals surface area contributed by atoms with Crippen LogP contribution in [0.3, 0.4) is 0 Å². The normalized spacial score (nSPS) is 10.5. The fraction of sp³-hybridized carbons (Fsp3) is 0.371. The van der Waals surface area contributed by atoms with Crippen LogP contribution >= 0.6 is 0 Å². The molecule has 0 radical (unpaired) electrons. The van der Waals surface area contributed by atoms with E-state index in [0.717, 1.165) is 50.0 Å². The summed E-state index contributed by atoms with van der Waals surface area (Å²) in [5.41, 5.74) is 1.28. The first-order valence-electron chi connectivity index (χ1n) is 14.7. The van der Waals surface area contributed by atoms with E-state index in [9.17, 15) is 9.59 Å². The van der Waals surface area contributed by atoms with Crippen LogP contribution in [0.1, 0.15) is 74.2 Å². The minimum absolute atomic E-state index is 0.389. The molecule has 3 rings (SSSR count). The Kier molecular flexibility index (Phi) is 14.0. The van der Waals surface area contributed by atoms with Crippen molar-refractivity contribution >= 4 is 11.9 Å². The molecule has 42 heavy (non-hydrogen) atoms. The van der Waals surface area contributed by atoms with Crippen LogP contribution in [0.5, 0.6) is 28.7 Å². The van der Waals surface area contributed by atoms with E-state index in [4.69, 9.17) is 23.7 Å². The van der Waals surface area contributed by atoms with Gasteiger partial charge in [0, 0.05) is 6.08 Å². The monoisotopic (exact) mass is 574 g/mol. The highest BCUT2D eigenvalue weighted by Gasteiger charge is 2.11. The highest BCUT2D eigenvalue weighted by atomic mass is 16.5. The van der Waals surface area contributed by atoms with Gasteiger partial charge in [0.05, 0.1) is 25.4 Å². The largest absolute Gasteiger partial charge is 0.494 e. The second-order valence-electron chi connectivity index (χ2n) is 9.96. The minimum atomic E-state index is -0.447. The quantitative estimate of drug-likeness (QED) is 0.0613. The molecule has 0 N–H and O–H groups in total. The number of ether oxygens (including phenoxy) is 5. The van der Waals surface area contributed by atoms with Gasteiger partial charge in [0.1, 0.15) is 28.7 Å². The molecule has 0 saturated carbocycles. The van der Waals surface area contributed by atoms with Crippen LogP contribution in [0.2, 0.25) is 0 Å². The molecule has 0 spiro atoms. The fourth-order valence-corrected chi connectivity index (χ4v) is 4.08. The molecule has 3 aromatic rings. The lowest BCUT2D eigenvalue weighted by atomic mass is 10.2. The topological polar surface area (TPSA) is 80.3 Å². The molecule has 0 heterocycles. The molecule has 0 fully saturated rings. The SMILES string of the molecule is C=CC(=O)OCCCCCCOc1ccc(C(=O)Oc2ccc(Oc3ccc(OCCCCCC)cc3)c(C)c2)cc1. The van der Waals surface area contributed by atoms with Crippen molar-refractivity contribution in [2.45, 2.75) is 65.2 Å². The van der Waals surface area contributed by atoms with Gasteiger partial charge in [-0.15, -0.1) is 0 Å². The summed E-state index contributed by atoms with van der Waals surface area (Å²) in [4.78, 5) is 23.7. The van der Waals surface area contributed by atoms with Gasteiger partial charge in [-0.3, -0.25) is 0 Å². The molecular weight excluding hydrogens is 532 g/mol. The van der Waals surface area contributed by atoms with Crippen molar-refractivity contribution in [3.05, 3.63) is 90.5 Å². The summed E-state index contributed by atoms with van der Waals surface area (Å²) >= 11 is 0. The van der Waals surface area contributed by atoms with Gasteiger partial charge in [-0.2, -0.15) is 0 Å². The van der Waals surface area contributed by atoms with Crippen LogP contribution in [0.25, 0.3) is 0 Å². The van der Waals surface area contributed by atoms with Crippen molar-refractivity contribution in [2.24, 2.45) is 0 Å². The lowest BCUT2D eigenvalue weighted by molar-refractivity contribution is -0.137. The molecule has 0 atom stereocenters. The number of rotatable bonds is 19. The van der Waals surface area contributed by atoms with E-state index in [1.54, 1.807) is 42.5 Å². The van der Waals surface area contributed by atoms with Gasteiger partial charge < -0.3 is 23.7 Å². The van der Waals surface area contributed by atoms with Gasteiger partial charge in [-0.05, 0) is 111 Å². The molecule has 0 saturated heterocycles. The van der Waals surface area contributed by atoms with Crippen LogP contribution in [0.4, 0.5) is 0 Å². The van der Waals surface area contributed by atoms with Gasteiger partial charge >= 0.3 is 11.9 Å². The summed E-state index contributed by atoms with van der Waals surface area (Å²) in [5, 5.41) is 0. The number of unbranched alkanes of at least 4 members (excludes halogenated alkanes) is 6. The summed E-state index contributed by atoms with van der Waals surface area (Å²) in [6.45, 7) is 9.17. The van der Waals surface area contributed by atoms with Gasteiger partial charge in [0.15, 0.2) is 0 Å². The molecular formula is C35H42O7. The molecule has 7 heteroatoms. The maximum atomic E-state index is 12.7. The molecule has 224 valence electrons. The summed E-state index contributed by atoms with van der Waals surface area (Å²) in [7, 11) is 0. The van der Waals surface area contributed by atoms with Gasteiger partial charge in [-0.1, -0.05) is 32.8 Å². The standard InChI is InChI=1S/C35H42O7/c1-4-6-7-10-23-39-30-17-19-31(20-18-30)41-33-22-21-32(26-27(33)3)42-35(37)28-13-15-29(16-14-28)38-24-11-8-9-12-25-40-34(36)5-2/h5,13-22,26H,2,4,6-12,23-25H2,1,3H3. The number of esters is 2. The number of carbonyl (C=O) groups is 2. The highest BCUT2D eigenvalue weighted by Crippen LogP contribution is 2.30. The third-order valence-corrected chi connectivity index (χ3v) is 6.48. The number of hydrogen-bond donors (Lipinski definition) is 0. The number of benzene rings is 3. The molecule has 0 amide bonds. The lowest BCUT2D eigenvalue weighted by Crippen LogP contribution is -2.08. The third-order valence-electron chi connectivity index (χ3n) is 6.48. The Hall–Kier alpha value is -4.26. The maximum Gasteiger partial charge on any atom is 0.343 e. The Labute approximate surface area is 249 Å². The minimum Gasteiger partial charge on any atom is -0.494 e. The highest BCUT2D eigenvalue weighted by molar-refractivity contribution is 5.91. The molecule has 0 aliphatic heterocycles. The Morgan fingerprint density at radius 1 is 0.690 bits per heavy atom. The Balaban J connectivity index is 1.39. The van der Waals surface area contributed by atoms with Crippen LogP contribution in [-0.2, 0) is 9.53 Å². The summed E-state index contributed by atoms with van der Waals surface area (Å²) in [6.07, 6.45) is 9.48. The van der Waals surface area contributed by atoms with Crippen molar-refractivity contribution in [2.75, 3.05) is 19.8 Å². The number of hydrogen-bond acceptors (Lipinski definition) is 7. The summed E-state index contributed by atoms with van der Waals surface area (Å²) < 4.78 is 28.1. The van der Waals surface area contributed by atoms with E-state index in [1.165, 1.54) is 25.3 Å². The number of carbonyl (C=O) groups excluding carboxylic acids is 2. The van der Waals surface area contributed by atoms with E-state index in [2.05, 4.69) is 13.5 Å². The first-order chi connectivity index (χ1) is 20.5. The van der Waals surface area contributed by atoms with Crippen molar-refractivity contribution in [1.82, 2.24) is 0 Å². The van der Waals surface area contributed by atoms with Gasteiger partial charge in [0.2, 0.25) is 0 Å². The third kappa shape index (κ3) is 11.7. The molecule has 0 aliphatic rings. The fourth-order valence-electron chi connectivity index (χ4n) is 4.08. The lowest BCUT2D eigenvalue weighted by Gasteiger charge is -2.12. The maximum absolute atomic E-state index is 12.7. The van der Waals surface area contributed by atoms with E-state index in [-0.39, 0.29) is 5.97 Å². The predicted molar refractivity (Wildman–Crippen MR) is 164 cm³/mol. The zero-order chi connectivity index (χ0) is 30.0. The van der Waals surface area contributed by atoms with Crippen molar-refractivity contribution < 1.29 is 33.3 Å². The predicted octanol–water partition coefficient (Wildman–Crippen LogP) is 8.63. The Morgan fingerprint density at radius 3 is 1.83 bits per heavy atom. The molecule has 3 aromatic carbocycles. The van der Waals surface area contributed by atoms with Crippen molar-refractivity contribution in [3.8, 4) is 28.7 Å². The van der Waals surface area contributed by atoms with Crippen LogP contribution in [0, 0.1) is 6.92 Å². The average Bonchev–Trinajstić information content (AvgIpc) is 3.00. The molecule has 0 unspecified atom stereocenters. The molecule has 7 nitrogen and oxygen atoms in total. The first-order valence-corrected chi connectivity index (χ1v) is 14.7. The van der Waals surface area contributed by atoms with E-state index < -0.39 is 5.97 Å². The Morgan fingerprint density at radius 2 is 1.24 bits per heavy atom. The van der Waals surface area contributed by atoms with Gasteiger partial charge in [-0.25, -0.2) is 9.59 Å².